The van der Waals surface area contributed by atoms with Crippen molar-refractivity contribution in [1.29, 1.82) is 0 Å². The molecule has 0 unspecified atom stereocenters. The van der Waals surface area contributed by atoms with Crippen LogP contribution in [0.3, 0.4) is 0 Å². The number of amides is 1. The van der Waals surface area contributed by atoms with Crippen LogP contribution in [0.1, 0.15) is 24.0 Å². The van der Waals surface area contributed by atoms with Gasteiger partial charge >= 0.3 is 5.97 Å². The molecular weight excluding hydrogens is 270 g/mol. The number of ether oxygens (including phenoxy) is 1. The number of carbonyl (C=O) groups is 2. The molecule has 1 N–H and O–H groups in total. The molecule has 1 aliphatic heterocycles. The van der Waals surface area contributed by atoms with Gasteiger partial charge < -0.3 is 14.7 Å². The van der Waals surface area contributed by atoms with Crippen molar-refractivity contribution >= 4 is 18.0 Å². The van der Waals surface area contributed by atoms with E-state index in [4.69, 9.17) is 9.84 Å². The van der Waals surface area contributed by atoms with Crippen molar-refractivity contribution in [1.82, 2.24) is 4.90 Å². The standard InChI is InChI=1S/C16H19NO4/c1-12-5-4-6-13(7-8-15(19)20)16(12)21-11-14(18)17-9-2-3-10-17/h4-8H,2-3,9-11H2,1H3,(H,19,20)/b8-7+. The highest BCUT2D eigenvalue weighted by Crippen LogP contribution is 2.25. The number of aliphatic carboxylic acids is 1. The highest BCUT2D eigenvalue weighted by atomic mass is 16.5. The van der Waals surface area contributed by atoms with Crippen LogP contribution in [0.25, 0.3) is 6.08 Å². The Kier molecular flexibility index (Phi) is 4.98. The second kappa shape index (κ2) is 6.92. The SMILES string of the molecule is Cc1cccc(/C=C/C(=O)O)c1OCC(=O)N1CCCC1. The minimum absolute atomic E-state index is 0.0151. The molecule has 1 heterocycles. The molecule has 2 rings (SSSR count). The van der Waals surface area contributed by atoms with E-state index < -0.39 is 5.97 Å². The zero-order chi connectivity index (χ0) is 15.2. The smallest absolute Gasteiger partial charge is 0.328 e. The molecule has 0 aromatic heterocycles. The van der Waals surface area contributed by atoms with Gasteiger partial charge in [-0.25, -0.2) is 4.79 Å². The molecule has 21 heavy (non-hydrogen) atoms. The molecule has 0 saturated carbocycles. The van der Waals surface area contributed by atoms with Gasteiger partial charge in [-0.05, 0) is 31.4 Å². The topological polar surface area (TPSA) is 66.8 Å². The number of carboxylic acids is 1. The van der Waals surface area contributed by atoms with Crippen molar-refractivity contribution in [3.05, 3.63) is 35.4 Å². The number of hydrogen-bond donors (Lipinski definition) is 1. The molecule has 0 aliphatic carbocycles. The molecule has 1 aliphatic rings. The molecule has 0 radical (unpaired) electrons. The highest BCUT2D eigenvalue weighted by molar-refractivity contribution is 5.86. The highest BCUT2D eigenvalue weighted by Gasteiger charge is 2.18. The zero-order valence-electron chi connectivity index (χ0n) is 12.0. The molecule has 0 atom stereocenters. The lowest BCUT2D eigenvalue weighted by atomic mass is 10.1. The largest absolute Gasteiger partial charge is 0.483 e. The van der Waals surface area contributed by atoms with Gasteiger partial charge in [-0.15, -0.1) is 0 Å². The minimum Gasteiger partial charge on any atom is -0.483 e. The summed E-state index contributed by atoms with van der Waals surface area (Å²) in [6, 6.07) is 5.46. The number of benzene rings is 1. The predicted molar refractivity (Wildman–Crippen MR) is 79.2 cm³/mol. The lowest BCUT2D eigenvalue weighted by Crippen LogP contribution is -2.32. The number of carbonyl (C=O) groups excluding carboxylic acids is 1. The minimum atomic E-state index is -1.02. The number of rotatable bonds is 5. The third-order valence-corrected chi connectivity index (χ3v) is 3.45. The Balaban J connectivity index is 2.07. The van der Waals surface area contributed by atoms with Gasteiger partial charge in [0.05, 0.1) is 0 Å². The molecule has 1 saturated heterocycles. The third kappa shape index (κ3) is 4.08. The monoisotopic (exact) mass is 289 g/mol. The van der Waals surface area contributed by atoms with E-state index in [1.807, 2.05) is 19.1 Å². The molecule has 1 fully saturated rings. The van der Waals surface area contributed by atoms with Gasteiger partial charge in [-0.1, -0.05) is 18.2 Å². The maximum absolute atomic E-state index is 12.0. The van der Waals surface area contributed by atoms with Crippen LogP contribution in [0.15, 0.2) is 24.3 Å². The normalized spacial score (nSPS) is 14.6. The van der Waals surface area contributed by atoms with Crippen LogP contribution in [0, 0.1) is 6.92 Å². The lowest BCUT2D eigenvalue weighted by molar-refractivity contribution is -0.132. The van der Waals surface area contributed by atoms with Gasteiger partial charge in [-0.2, -0.15) is 0 Å². The second-order valence-corrected chi connectivity index (χ2v) is 5.04. The van der Waals surface area contributed by atoms with Gasteiger partial charge in [0, 0.05) is 24.7 Å². The number of aryl methyl sites for hydroxylation is 1. The summed E-state index contributed by atoms with van der Waals surface area (Å²) in [6.45, 7) is 3.44. The van der Waals surface area contributed by atoms with Crippen molar-refractivity contribution in [3.63, 3.8) is 0 Å². The Labute approximate surface area is 123 Å². The van der Waals surface area contributed by atoms with Gasteiger partial charge in [0.25, 0.3) is 5.91 Å². The zero-order valence-corrected chi connectivity index (χ0v) is 12.0. The molecule has 1 aromatic carbocycles. The van der Waals surface area contributed by atoms with Gasteiger partial charge in [0.15, 0.2) is 6.61 Å². The number of carboxylic acid groups (broad SMARTS) is 1. The van der Waals surface area contributed by atoms with Crippen LogP contribution in [-0.4, -0.2) is 41.6 Å². The fourth-order valence-electron chi connectivity index (χ4n) is 2.36. The first-order valence-electron chi connectivity index (χ1n) is 6.99. The van der Waals surface area contributed by atoms with E-state index in [9.17, 15) is 9.59 Å². The summed E-state index contributed by atoms with van der Waals surface area (Å²) >= 11 is 0. The fraction of sp³-hybridized carbons (Fsp3) is 0.375. The predicted octanol–water partition coefficient (Wildman–Crippen LogP) is 2.09. The van der Waals surface area contributed by atoms with Gasteiger partial charge in [-0.3, -0.25) is 4.79 Å². The summed E-state index contributed by atoms with van der Waals surface area (Å²) in [7, 11) is 0. The van der Waals surface area contributed by atoms with Crippen LogP contribution in [0.5, 0.6) is 5.75 Å². The first-order chi connectivity index (χ1) is 10.1. The van der Waals surface area contributed by atoms with Crippen molar-refractivity contribution < 1.29 is 19.4 Å². The average molecular weight is 289 g/mol. The summed E-state index contributed by atoms with van der Waals surface area (Å²) in [4.78, 5) is 24.4. The average Bonchev–Trinajstić information content (AvgIpc) is 2.98. The van der Waals surface area contributed by atoms with Crippen molar-refractivity contribution in [3.8, 4) is 5.75 Å². The van der Waals surface area contributed by atoms with E-state index in [0.29, 0.717) is 11.3 Å². The first kappa shape index (κ1) is 15.1. The number of nitrogens with zero attached hydrogens (tertiary/aromatic N) is 1. The van der Waals surface area contributed by atoms with Crippen molar-refractivity contribution in [2.75, 3.05) is 19.7 Å². The third-order valence-electron chi connectivity index (χ3n) is 3.45. The Morgan fingerprint density at radius 3 is 2.71 bits per heavy atom. The molecule has 5 heteroatoms. The molecule has 5 nitrogen and oxygen atoms in total. The fourth-order valence-corrected chi connectivity index (χ4v) is 2.36. The number of hydrogen-bond acceptors (Lipinski definition) is 3. The molecule has 112 valence electrons. The van der Waals surface area contributed by atoms with E-state index in [1.54, 1.807) is 11.0 Å². The summed E-state index contributed by atoms with van der Waals surface area (Å²) in [5, 5.41) is 8.71. The van der Waals surface area contributed by atoms with E-state index in [2.05, 4.69) is 0 Å². The van der Waals surface area contributed by atoms with E-state index >= 15 is 0 Å². The van der Waals surface area contributed by atoms with E-state index in [0.717, 1.165) is 37.6 Å². The molecule has 0 bridgehead atoms. The summed E-state index contributed by atoms with van der Waals surface area (Å²) in [5.74, 6) is -0.484. The van der Waals surface area contributed by atoms with Crippen molar-refractivity contribution in [2.45, 2.75) is 19.8 Å². The van der Waals surface area contributed by atoms with Crippen LogP contribution < -0.4 is 4.74 Å². The maximum Gasteiger partial charge on any atom is 0.328 e. The molecule has 0 spiro atoms. The quantitative estimate of drug-likeness (QED) is 0.843. The summed E-state index contributed by atoms with van der Waals surface area (Å²) < 4.78 is 5.64. The Morgan fingerprint density at radius 2 is 2.05 bits per heavy atom. The Bertz CT molecular complexity index is 559. The Morgan fingerprint density at radius 1 is 1.33 bits per heavy atom. The lowest BCUT2D eigenvalue weighted by Gasteiger charge is -2.17. The van der Waals surface area contributed by atoms with Gasteiger partial charge in [0.1, 0.15) is 5.75 Å². The Hall–Kier alpha value is -2.30. The summed E-state index contributed by atoms with van der Waals surface area (Å²) in [6.07, 6.45) is 4.63. The van der Waals surface area contributed by atoms with E-state index in [1.165, 1.54) is 6.08 Å². The van der Waals surface area contributed by atoms with E-state index in [-0.39, 0.29) is 12.5 Å². The van der Waals surface area contributed by atoms with Crippen molar-refractivity contribution in [2.24, 2.45) is 0 Å². The summed E-state index contributed by atoms with van der Waals surface area (Å²) in [5.41, 5.74) is 1.53. The first-order valence-corrected chi connectivity index (χ1v) is 6.99. The molecule has 1 aromatic rings. The number of para-hydroxylation sites is 1. The van der Waals surface area contributed by atoms with Crippen LogP contribution in [-0.2, 0) is 9.59 Å². The number of likely N-dealkylation sites (tertiary alicyclic amines) is 1. The molecule has 1 amide bonds. The van der Waals surface area contributed by atoms with Gasteiger partial charge in [0.2, 0.25) is 0 Å². The maximum atomic E-state index is 12.0. The second-order valence-electron chi connectivity index (χ2n) is 5.04. The van der Waals surface area contributed by atoms with Crippen LogP contribution in [0.4, 0.5) is 0 Å². The van der Waals surface area contributed by atoms with Crippen LogP contribution >= 0.6 is 0 Å². The van der Waals surface area contributed by atoms with Crippen LogP contribution in [0.2, 0.25) is 0 Å². The molecular formula is C16H19NO4.